The second-order valence-corrected chi connectivity index (χ2v) is 5.80. The average Bonchev–Trinajstić information content (AvgIpc) is 2.63. The number of anilines is 1. The summed E-state index contributed by atoms with van der Waals surface area (Å²) in [4.78, 5) is 6.75. The highest BCUT2D eigenvalue weighted by Gasteiger charge is 2.27. The number of aromatic nitrogens is 2. The molecule has 0 aliphatic heterocycles. The third-order valence-corrected chi connectivity index (χ3v) is 3.92. The molecule has 90 valence electrons. The molecule has 1 heterocycles. The highest BCUT2D eigenvalue weighted by Crippen LogP contribution is 2.28. The third-order valence-electron chi connectivity index (χ3n) is 3.08. The molecule has 0 saturated heterocycles. The van der Waals surface area contributed by atoms with Crippen LogP contribution in [0, 0.1) is 5.92 Å². The average molecular weight is 240 g/mol. The lowest BCUT2D eigenvalue weighted by molar-refractivity contribution is 0.271. The molecule has 1 saturated carbocycles. The SMILES string of the molecule is CC(C)c1nsc(N(C)CC2CC(N)C2)n1. The molecule has 4 nitrogen and oxygen atoms in total. The molecule has 1 aromatic heterocycles. The van der Waals surface area contributed by atoms with Gasteiger partial charge in [-0.05, 0) is 18.8 Å². The zero-order chi connectivity index (χ0) is 11.7. The Labute approximate surface area is 101 Å². The van der Waals surface area contributed by atoms with Crippen LogP contribution in [0.4, 0.5) is 5.13 Å². The molecule has 0 aromatic carbocycles. The van der Waals surface area contributed by atoms with Crippen molar-refractivity contribution < 1.29 is 0 Å². The normalized spacial score (nSPS) is 24.6. The van der Waals surface area contributed by atoms with Crippen molar-refractivity contribution in [3.05, 3.63) is 5.82 Å². The molecule has 2 rings (SSSR count). The van der Waals surface area contributed by atoms with E-state index >= 15 is 0 Å². The van der Waals surface area contributed by atoms with E-state index in [0.29, 0.717) is 12.0 Å². The molecule has 1 aliphatic carbocycles. The van der Waals surface area contributed by atoms with E-state index < -0.39 is 0 Å². The van der Waals surface area contributed by atoms with E-state index in [4.69, 9.17) is 5.73 Å². The van der Waals surface area contributed by atoms with Crippen molar-refractivity contribution in [2.75, 3.05) is 18.5 Å². The van der Waals surface area contributed by atoms with E-state index in [0.717, 1.165) is 36.3 Å². The van der Waals surface area contributed by atoms with Gasteiger partial charge in [-0.2, -0.15) is 4.37 Å². The maximum absolute atomic E-state index is 5.78. The van der Waals surface area contributed by atoms with Gasteiger partial charge in [0, 0.05) is 37.1 Å². The summed E-state index contributed by atoms with van der Waals surface area (Å²) in [5, 5.41) is 1.03. The van der Waals surface area contributed by atoms with Crippen LogP contribution in [0.15, 0.2) is 0 Å². The first kappa shape index (κ1) is 11.8. The molecular formula is C11H20N4S. The number of nitrogens with zero attached hydrogens (tertiary/aromatic N) is 3. The lowest BCUT2D eigenvalue weighted by atomic mass is 9.81. The summed E-state index contributed by atoms with van der Waals surface area (Å²) in [6.45, 7) is 5.30. The van der Waals surface area contributed by atoms with Crippen LogP contribution in [0.25, 0.3) is 0 Å². The van der Waals surface area contributed by atoms with E-state index in [9.17, 15) is 0 Å². The Kier molecular flexibility index (Phi) is 3.44. The lowest BCUT2D eigenvalue weighted by Gasteiger charge is -2.35. The Morgan fingerprint density at radius 2 is 2.19 bits per heavy atom. The second kappa shape index (κ2) is 4.67. The minimum Gasteiger partial charge on any atom is -0.350 e. The fraction of sp³-hybridized carbons (Fsp3) is 0.818. The summed E-state index contributed by atoms with van der Waals surface area (Å²) in [5.74, 6) is 2.11. The minimum atomic E-state index is 0.413. The summed E-state index contributed by atoms with van der Waals surface area (Å²) in [6.07, 6.45) is 2.31. The van der Waals surface area contributed by atoms with Crippen molar-refractivity contribution in [2.24, 2.45) is 11.7 Å². The van der Waals surface area contributed by atoms with Gasteiger partial charge in [-0.3, -0.25) is 0 Å². The predicted octanol–water partition coefficient (Wildman–Crippen LogP) is 1.84. The van der Waals surface area contributed by atoms with Gasteiger partial charge in [0.25, 0.3) is 0 Å². The molecule has 0 spiro atoms. The Hall–Kier alpha value is -0.680. The van der Waals surface area contributed by atoms with Crippen LogP contribution < -0.4 is 10.6 Å². The van der Waals surface area contributed by atoms with Gasteiger partial charge in [-0.1, -0.05) is 13.8 Å². The number of nitrogens with two attached hydrogens (primary N) is 1. The van der Waals surface area contributed by atoms with Crippen LogP contribution in [0.1, 0.15) is 38.4 Å². The van der Waals surface area contributed by atoms with Gasteiger partial charge < -0.3 is 10.6 Å². The molecule has 0 amide bonds. The van der Waals surface area contributed by atoms with E-state index in [1.807, 2.05) is 0 Å². The molecule has 1 fully saturated rings. The van der Waals surface area contributed by atoms with Crippen molar-refractivity contribution in [3.8, 4) is 0 Å². The zero-order valence-electron chi connectivity index (χ0n) is 10.2. The molecule has 0 atom stereocenters. The molecule has 2 N–H and O–H groups in total. The molecular weight excluding hydrogens is 220 g/mol. The molecule has 5 heteroatoms. The molecule has 1 aliphatic rings. The Bertz CT molecular complexity index is 344. The summed E-state index contributed by atoms with van der Waals surface area (Å²) < 4.78 is 4.37. The fourth-order valence-corrected chi connectivity index (χ4v) is 2.79. The number of rotatable bonds is 4. The molecule has 16 heavy (non-hydrogen) atoms. The van der Waals surface area contributed by atoms with Crippen LogP contribution in [-0.2, 0) is 0 Å². The van der Waals surface area contributed by atoms with Gasteiger partial charge in [0.15, 0.2) is 0 Å². The first-order chi connectivity index (χ1) is 7.56. The second-order valence-electron chi connectivity index (χ2n) is 5.07. The minimum absolute atomic E-state index is 0.413. The maximum atomic E-state index is 5.78. The van der Waals surface area contributed by atoms with E-state index in [1.54, 1.807) is 0 Å². The first-order valence-electron chi connectivity index (χ1n) is 5.86. The summed E-state index contributed by atoms with van der Waals surface area (Å²) in [5.41, 5.74) is 5.78. The fourth-order valence-electron chi connectivity index (χ4n) is 2.02. The maximum Gasteiger partial charge on any atom is 0.204 e. The predicted molar refractivity (Wildman–Crippen MR) is 68.0 cm³/mol. The quantitative estimate of drug-likeness (QED) is 0.872. The molecule has 0 bridgehead atoms. The van der Waals surface area contributed by atoms with Crippen molar-refractivity contribution >= 4 is 16.7 Å². The van der Waals surface area contributed by atoms with Gasteiger partial charge in [0.2, 0.25) is 5.13 Å². The number of hydrogen-bond acceptors (Lipinski definition) is 5. The third kappa shape index (κ3) is 2.52. The van der Waals surface area contributed by atoms with Crippen molar-refractivity contribution in [3.63, 3.8) is 0 Å². The standard InChI is InChI=1S/C11H20N4S/c1-7(2)10-13-11(16-14-10)15(3)6-8-4-9(12)5-8/h7-9H,4-6,12H2,1-3H3. The van der Waals surface area contributed by atoms with E-state index in [1.165, 1.54) is 11.5 Å². The van der Waals surface area contributed by atoms with Crippen LogP contribution in [0.3, 0.4) is 0 Å². The van der Waals surface area contributed by atoms with E-state index in [2.05, 4.69) is 35.2 Å². The molecule has 0 unspecified atom stereocenters. The lowest BCUT2D eigenvalue weighted by Crippen LogP contribution is -2.41. The van der Waals surface area contributed by atoms with Gasteiger partial charge in [0.1, 0.15) is 5.82 Å². The smallest absolute Gasteiger partial charge is 0.204 e. The monoisotopic (exact) mass is 240 g/mol. The van der Waals surface area contributed by atoms with Crippen LogP contribution in [0.5, 0.6) is 0 Å². The van der Waals surface area contributed by atoms with Gasteiger partial charge in [-0.25, -0.2) is 4.98 Å². The van der Waals surface area contributed by atoms with Crippen LogP contribution in [0.2, 0.25) is 0 Å². The van der Waals surface area contributed by atoms with Crippen molar-refractivity contribution in [1.29, 1.82) is 0 Å². The highest BCUT2D eigenvalue weighted by molar-refractivity contribution is 7.09. The molecule has 0 radical (unpaired) electrons. The summed E-state index contributed by atoms with van der Waals surface area (Å²) >= 11 is 1.50. The van der Waals surface area contributed by atoms with E-state index in [-0.39, 0.29) is 0 Å². The largest absolute Gasteiger partial charge is 0.350 e. The van der Waals surface area contributed by atoms with Gasteiger partial charge >= 0.3 is 0 Å². The number of hydrogen-bond donors (Lipinski definition) is 1. The van der Waals surface area contributed by atoms with Crippen LogP contribution in [-0.4, -0.2) is 29.0 Å². The van der Waals surface area contributed by atoms with Gasteiger partial charge in [0.05, 0.1) is 0 Å². The van der Waals surface area contributed by atoms with Crippen molar-refractivity contribution in [2.45, 2.75) is 38.6 Å². The van der Waals surface area contributed by atoms with Crippen molar-refractivity contribution in [1.82, 2.24) is 9.36 Å². The van der Waals surface area contributed by atoms with Crippen LogP contribution >= 0.6 is 11.5 Å². The zero-order valence-corrected chi connectivity index (χ0v) is 11.0. The molecule has 1 aromatic rings. The highest BCUT2D eigenvalue weighted by atomic mass is 32.1. The Morgan fingerprint density at radius 1 is 1.50 bits per heavy atom. The Balaban J connectivity index is 1.90. The summed E-state index contributed by atoms with van der Waals surface area (Å²) in [7, 11) is 2.09. The Morgan fingerprint density at radius 3 is 2.69 bits per heavy atom. The topological polar surface area (TPSA) is 55.0 Å². The van der Waals surface area contributed by atoms with Gasteiger partial charge in [-0.15, -0.1) is 0 Å². The first-order valence-corrected chi connectivity index (χ1v) is 6.64. The summed E-state index contributed by atoms with van der Waals surface area (Å²) in [6, 6.07) is 0.430.